The molecule has 4 heterocycles. The average molecular weight is 734 g/mol. The zero-order valence-corrected chi connectivity index (χ0v) is 27.4. The number of aromatic nitrogens is 4. The van der Waals surface area contributed by atoms with Crippen molar-refractivity contribution in [1.82, 2.24) is 29.4 Å². The number of hydrogen-bond donors (Lipinski definition) is 3. The quantitative estimate of drug-likeness (QED) is 0.134. The van der Waals surface area contributed by atoms with Crippen LogP contribution >= 0.6 is 11.6 Å². The minimum atomic E-state index is -4.53. The van der Waals surface area contributed by atoms with Crippen molar-refractivity contribution in [2.45, 2.75) is 75.4 Å². The molecule has 3 aromatic rings. The van der Waals surface area contributed by atoms with Crippen LogP contribution in [-0.2, 0) is 10.0 Å². The Morgan fingerprint density at radius 3 is 2.59 bits per heavy atom. The molecule has 49 heavy (non-hydrogen) atoms. The maximum Gasteiger partial charge on any atom is 0.407 e. The molecule has 0 spiro atoms. The monoisotopic (exact) mass is 733 g/mol. The molecule has 2 amide bonds. The van der Waals surface area contributed by atoms with E-state index in [-0.39, 0.29) is 86.5 Å². The molecule has 0 radical (unpaired) electrons. The number of carbonyl (C=O) groups is 2. The summed E-state index contributed by atoms with van der Waals surface area (Å²) in [5.74, 6) is -1.32. The predicted molar refractivity (Wildman–Crippen MR) is 172 cm³/mol. The fourth-order valence-corrected chi connectivity index (χ4v) is 6.76. The van der Waals surface area contributed by atoms with E-state index >= 15 is 0 Å². The van der Waals surface area contributed by atoms with Crippen LogP contribution in [0.3, 0.4) is 0 Å². The Labute approximate surface area is 294 Å². The van der Waals surface area contributed by atoms with Gasteiger partial charge >= 0.3 is 12.3 Å². The zero-order valence-electron chi connectivity index (χ0n) is 31.8. The number of ether oxygens (including phenoxy) is 1. The highest BCUT2D eigenvalue weighted by molar-refractivity contribution is 7.90. The Bertz CT molecular complexity index is 2000. The van der Waals surface area contributed by atoms with E-state index in [9.17, 15) is 36.3 Å². The van der Waals surface area contributed by atoms with Crippen LogP contribution in [0, 0.1) is 11.3 Å². The number of anilines is 1. The molecule has 3 N–H and O–H groups in total. The Balaban J connectivity index is 1.13. The molecule has 2 aliphatic rings. The Morgan fingerprint density at radius 2 is 1.94 bits per heavy atom. The van der Waals surface area contributed by atoms with E-state index < -0.39 is 63.8 Å². The summed E-state index contributed by atoms with van der Waals surface area (Å²) < 4.78 is 121. The minimum Gasteiger partial charge on any atom is -0.477 e. The van der Waals surface area contributed by atoms with Crippen molar-refractivity contribution in [1.29, 1.82) is 0 Å². The van der Waals surface area contributed by atoms with E-state index in [0.29, 0.717) is 11.3 Å². The number of nitrogens with one attached hydrogen (secondary N) is 2. The maximum atomic E-state index is 13.1. The van der Waals surface area contributed by atoms with Crippen LogP contribution in [-0.4, -0.2) is 81.6 Å². The van der Waals surface area contributed by atoms with Gasteiger partial charge in [0.2, 0.25) is 5.88 Å². The zero-order chi connectivity index (χ0) is 40.6. The predicted octanol–water partition coefficient (Wildman–Crippen LogP) is 5.91. The first-order valence-corrected chi connectivity index (χ1v) is 17.1. The Hall–Kier alpha value is -4.12. The largest absolute Gasteiger partial charge is 0.477 e. The van der Waals surface area contributed by atoms with Crippen molar-refractivity contribution in [3.05, 3.63) is 53.3 Å². The second-order valence-corrected chi connectivity index (χ2v) is 14.0. The molecule has 2 fully saturated rings. The Kier molecular flexibility index (Phi) is 8.21. The highest BCUT2D eigenvalue weighted by Crippen LogP contribution is 2.60. The van der Waals surface area contributed by atoms with E-state index in [1.807, 2.05) is 4.72 Å². The number of amides is 2. The SMILES string of the molecule is [2H]C([2H])([2H])C1(C([2H])([2H])[2H])C[C@H](CCCNc2cccc(S(=O)(=O)NC(=O)c3ccc(-n4ccc(OCCCC5(C(F)(F)F)CC5)n4)nc3Cl)n2)CN1C(=O)O. The molecule has 18 heteroatoms. The number of pyridine rings is 2. The number of sulfonamides is 1. The lowest BCUT2D eigenvalue weighted by Gasteiger charge is -2.28. The van der Waals surface area contributed by atoms with Crippen molar-refractivity contribution in [3.8, 4) is 11.7 Å². The van der Waals surface area contributed by atoms with E-state index in [1.54, 1.807) is 0 Å². The molecule has 1 saturated carbocycles. The van der Waals surface area contributed by atoms with Gasteiger partial charge in [-0.05, 0) is 88.8 Å². The smallest absolute Gasteiger partial charge is 0.407 e. The molecule has 0 unspecified atom stereocenters. The highest BCUT2D eigenvalue weighted by atomic mass is 35.5. The number of halogens is 4. The summed E-state index contributed by atoms with van der Waals surface area (Å²) in [5.41, 5.74) is -4.46. The number of likely N-dealkylation sites (tertiary alicyclic amines) is 1. The van der Waals surface area contributed by atoms with Gasteiger partial charge in [-0.3, -0.25) is 4.79 Å². The number of rotatable bonds is 14. The van der Waals surface area contributed by atoms with E-state index in [4.69, 9.17) is 24.6 Å². The van der Waals surface area contributed by atoms with Crippen LogP contribution < -0.4 is 14.8 Å². The van der Waals surface area contributed by atoms with Crippen LogP contribution in [0.5, 0.6) is 5.88 Å². The van der Waals surface area contributed by atoms with Crippen LogP contribution in [0.25, 0.3) is 5.82 Å². The fourth-order valence-electron chi connectivity index (χ4n) is 5.59. The third kappa shape index (κ3) is 8.55. The summed E-state index contributed by atoms with van der Waals surface area (Å²) in [7, 11) is -4.53. The molecule has 1 saturated heterocycles. The number of carboxylic acid groups (broad SMARTS) is 1. The first-order valence-electron chi connectivity index (χ1n) is 18.2. The first-order chi connectivity index (χ1) is 25.5. The van der Waals surface area contributed by atoms with E-state index in [2.05, 4.69) is 20.4 Å². The normalized spacial score (nSPS) is 20.6. The van der Waals surface area contributed by atoms with Crippen molar-refractivity contribution < 1.29 is 49.2 Å². The standard InChI is InChI=1S/C31H37ClF3N7O6S/c1-29(2)18-20(19-41(29)28(44)45)6-4-15-36-22-7-3-8-25(37-22)49(46,47)40-27(43)21-9-10-23(38-26(21)32)42-16-11-24(39-42)48-17-5-12-30(13-14-30)31(33,34)35/h3,7-11,16,20H,4-6,12-15,17-19H2,1-2H3,(H,36,37)(H,40,43)(H,44,45)/t20-/m0/s1/i1D3,2D3. The lowest BCUT2D eigenvalue weighted by Crippen LogP contribution is -2.41. The van der Waals surface area contributed by atoms with Gasteiger partial charge in [0.15, 0.2) is 10.8 Å². The maximum absolute atomic E-state index is 13.1. The summed E-state index contributed by atoms with van der Waals surface area (Å²) in [6.45, 7) is -6.28. The van der Waals surface area contributed by atoms with Gasteiger partial charge in [0.25, 0.3) is 15.9 Å². The summed E-state index contributed by atoms with van der Waals surface area (Å²) in [5, 5.41) is 15.8. The first kappa shape index (κ1) is 28.7. The van der Waals surface area contributed by atoms with E-state index in [0.717, 1.165) is 6.07 Å². The molecule has 266 valence electrons. The number of nitrogens with zero attached hydrogens (tertiary/aromatic N) is 5. The van der Waals surface area contributed by atoms with Crippen molar-refractivity contribution in [2.24, 2.45) is 11.3 Å². The fraction of sp³-hybridized carbons (Fsp3) is 0.516. The van der Waals surface area contributed by atoms with Crippen LogP contribution in [0.1, 0.15) is 77.2 Å². The van der Waals surface area contributed by atoms with Gasteiger partial charge in [-0.2, -0.15) is 21.6 Å². The van der Waals surface area contributed by atoms with Gasteiger partial charge < -0.3 is 20.1 Å². The van der Waals surface area contributed by atoms with Crippen molar-refractivity contribution >= 4 is 39.4 Å². The summed E-state index contributed by atoms with van der Waals surface area (Å²) >= 11 is 6.23. The van der Waals surface area contributed by atoms with E-state index in [1.165, 1.54) is 41.2 Å². The minimum absolute atomic E-state index is 0.0206. The summed E-state index contributed by atoms with van der Waals surface area (Å²) in [4.78, 5) is 33.5. The topological polar surface area (TPSA) is 169 Å². The molecule has 0 aromatic carbocycles. The van der Waals surface area contributed by atoms with Gasteiger partial charge in [-0.25, -0.2) is 24.2 Å². The summed E-state index contributed by atoms with van der Waals surface area (Å²) in [6.07, 6.45) is -3.85. The second-order valence-electron chi connectivity index (χ2n) is 12.0. The van der Waals surface area contributed by atoms with Gasteiger partial charge in [0, 0.05) is 39.1 Å². The van der Waals surface area contributed by atoms with Crippen molar-refractivity contribution in [3.63, 3.8) is 0 Å². The number of alkyl halides is 3. The number of hydrogen-bond acceptors (Lipinski definition) is 9. The lowest BCUT2D eigenvalue weighted by atomic mass is 9.93. The molecule has 1 aliphatic carbocycles. The Morgan fingerprint density at radius 1 is 1.16 bits per heavy atom. The molecular weight excluding hydrogens is 691 g/mol. The van der Waals surface area contributed by atoms with Gasteiger partial charge in [-0.1, -0.05) is 17.7 Å². The third-order valence-corrected chi connectivity index (χ3v) is 9.94. The molecule has 1 aliphatic heterocycles. The average Bonchev–Trinajstić information content (AvgIpc) is 3.54. The molecule has 1 atom stereocenters. The molecule has 13 nitrogen and oxygen atoms in total. The third-order valence-electron chi connectivity index (χ3n) is 8.42. The van der Waals surface area contributed by atoms with Crippen LogP contribution in [0.2, 0.25) is 5.15 Å². The summed E-state index contributed by atoms with van der Waals surface area (Å²) in [6, 6.07) is 7.99. The molecular formula is C31H37ClF3N7O6S. The van der Waals surface area contributed by atoms with Crippen LogP contribution in [0.4, 0.5) is 23.8 Å². The molecule has 0 bridgehead atoms. The lowest BCUT2D eigenvalue weighted by molar-refractivity contribution is -0.189. The number of carbonyl (C=O) groups excluding carboxylic acids is 1. The van der Waals surface area contributed by atoms with Gasteiger partial charge in [0.05, 0.1) is 17.6 Å². The van der Waals surface area contributed by atoms with Crippen molar-refractivity contribution in [2.75, 3.05) is 25.0 Å². The van der Waals surface area contributed by atoms with Gasteiger partial charge in [0.1, 0.15) is 11.0 Å². The van der Waals surface area contributed by atoms with Crippen LogP contribution in [0.15, 0.2) is 47.6 Å². The van der Waals surface area contributed by atoms with Gasteiger partial charge in [-0.15, -0.1) is 5.10 Å². The highest BCUT2D eigenvalue weighted by Gasteiger charge is 2.62. The molecule has 3 aromatic heterocycles. The molecule has 5 rings (SSSR count). The second kappa shape index (κ2) is 14.0.